The Morgan fingerprint density at radius 1 is 0.860 bits per heavy atom. The number of nitrogens with zero attached hydrogens (tertiary/aromatic N) is 1. The Balaban J connectivity index is 1.41. The molecule has 9 nitrogen and oxygen atoms in total. The standard InChI is InChI=1S/C34H31N3O6/c1-5-42-28-19-22(13-16-25(28)43-34(39)24-14-11-21(2)12-15-24)20-35-37-33(38)32-29(23-9-7-6-8-10-23)30-26(40-3)17-18-27(41-4)31(30)36-32/h6-20,36H,5H2,1-4H3,(H,37,38). The minimum atomic E-state index is -0.490. The Morgan fingerprint density at radius 2 is 1.56 bits per heavy atom. The Labute approximate surface area is 249 Å². The smallest absolute Gasteiger partial charge is 0.343 e. The topological polar surface area (TPSA) is 111 Å². The van der Waals surface area contributed by atoms with Crippen molar-refractivity contribution < 1.29 is 28.5 Å². The molecule has 1 heterocycles. The fourth-order valence-corrected chi connectivity index (χ4v) is 4.68. The molecule has 0 radical (unpaired) electrons. The molecule has 0 aliphatic rings. The highest BCUT2D eigenvalue weighted by atomic mass is 16.6. The molecule has 0 unspecified atom stereocenters. The molecular formula is C34H31N3O6. The molecular weight excluding hydrogens is 546 g/mol. The average molecular weight is 578 g/mol. The predicted molar refractivity (Wildman–Crippen MR) is 166 cm³/mol. The van der Waals surface area contributed by atoms with Crippen LogP contribution in [0.3, 0.4) is 0 Å². The molecule has 9 heteroatoms. The number of esters is 1. The number of ether oxygens (including phenoxy) is 4. The molecule has 0 saturated heterocycles. The van der Waals surface area contributed by atoms with Crippen molar-refractivity contribution in [3.8, 4) is 34.1 Å². The van der Waals surface area contributed by atoms with E-state index in [9.17, 15) is 9.59 Å². The zero-order chi connectivity index (χ0) is 30.3. The van der Waals surface area contributed by atoms with Crippen molar-refractivity contribution in [1.29, 1.82) is 0 Å². The number of hydrazone groups is 1. The van der Waals surface area contributed by atoms with Crippen LogP contribution in [0.25, 0.3) is 22.0 Å². The number of aromatic amines is 1. The Bertz CT molecular complexity index is 1790. The summed E-state index contributed by atoms with van der Waals surface area (Å²) >= 11 is 0. The van der Waals surface area contributed by atoms with E-state index in [-0.39, 0.29) is 5.75 Å². The monoisotopic (exact) mass is 577 g/mol. The number of fused-ring (bicyclic) bond motifs is 1. The van der Waals surface area contributed by atoms with Gasteiger partial charge in [-0.1, -0.05) is 48.0 Å². The van der Waals surface area contributed by atoms with E-state index in [1.54, 1.807) is 56.7 Å². The van der Waals surface area contributed by atoms with Crippen LogP contribution in [0, 0.1) is 6.92 Å². The van der Waals surface area contributed by atoms with Gasteiger partial charge < -0.3 is 23.9 Å². The Hall–Kier alpha value is -5.57. The number of rotatable bonds is 10. The van der Waals surface area contributed by atoms with Gasteiger partial charge in [-0.05, 0) is 67.4 Å². The van der Waals surface area contributed by atoms with Crippen LogP contribution < -0.4 is 24.4 Å². The number of hydrogen-bond acceptors (Lipinski definition) is 7. The molecule has 218 valence electrons. The van der Waals surface area contributed by atoms with E-state index in [0.29, 0.717) is 51.8 Å². The normalized spacial score (nSPS) is 11.0. The van der Waals surface area contributed by atoms with Gasteiger partial charge in [0.15, 0.2) is 11.5 Å². The number of benzene rings is 4. The summed E-state index contributed by atoms with van der Waals surface area (Å²) in [5, 5.41) is 4.91. The third-order valence-corrected chi connectivity index (χ3v) is 6.75. The first kappa shape index (κ1) is 28.9. The molecule has 43 heavy (non-hydrogen) atoms. The number of aromatic nitrogens is 1. The van der Waals surface area contributed by atoms with Crippen molar-refractivity contribution in [2.45, 2.75) is 13.8 Å². The number of aryl methyl sites for hydroxylation is 1. The zero-order valence-corrected chi connectivity index (χ0v) is 24.3. The number of carbonyl (C=O) groups excluding carboxylic acids is 2. The van der Waals surface area contributed by atoms with Crippen molar-refractivity contribution in [1.82, 2.24) is 10.4 Å². The summed E-state index contributed by atoms with van der Waals surface area (Å²) in [4.78, 5) is 29.3. The highest BCUT2D eigenvalue weighted by Gasteiger charge is 2.24. The number of H-pyrrole nitrogens is 1. The van der Waals surface area contributed by atoms with E-state index >= 15 is 0 Å². The maximum absolute atomic E-state index is 13.5. The molecule has 0 saturated carbocycles. The van der Waals surface area contributed by atoms with Gasteiger partial charge in [0.05, 0.1) is 43.5 Å². The van der Waals surface area contributed by atoms with E-state index in [1.165, 1.54) is 6.21 Å². The molecule has 0 atom stereocenters. The van der Waals surface area contributed by atoms with Gasteiger partial charge >= 0.3 is 5.97 Å². The highest BCUT2D eigenvalue weighted by Crippen LogP contribution is 2.42. The second-order valence-electron chi connectivity index (χ2n) is 9.55. The number of hydrogen-bond donors (Lipinski definition) is 2. The van der Waals surface area contributed by atoms with Gasteiger partial charge in [-0.25, -0.2) is 10.2 Å². The fourth-order valence-electron chi connectivity index (χ4n) is 4.68. The lowest BCUT2D eigenvalue weighted by Gasteiger charge is -2.11. The van der Waals surface area contributed by atoms with Gasteiger partial charge in [0.1, 0.15) is 17.2 Å². The van der Waals surface area contributed by atoms with Crippen LogP contribution in [0.5, 0.6) is 23.0 Å². The summed E-state index contributed by atoms with van der Waals surface area (Å²) in [6, 6.07) is 25.3. The van der Waals surface area contributed by atoms with E-state index < -0.39 is 11.9 Å². The Kier molecular flexibility index (Phi) is 8.71. The lowest BCUT2D eigenvalue weighted by atomic mass is 10.0. The SMILES string of the molecule is CCOc1cc(C=NNC(=O)c2[nH]c3c(OC)ccc(OC)c3c2-c2ccccc2)ccc1OC(=O)c1ccc(C)cc1. The van der Waals surface area contributed by atoms with Crippen molar-refractivity contribution in [3.05, 3.63) is 107 Å². The lowest BCUT2D eigenvalue weighted by Crippen LogP contribution is -2.19. The summed E-state index contributed by atoms with van der Waals surface area (Å²) in [6.45, 7) is 4.14. The van der Waals surface area contributed by atoms with E-state index in [1.807, 2.05) is 56.3 Å². The minimum absolute atomic E-state index is 0.280. The molecule has 0 aliphatic heterocycles. The first-order chi connectivity index (χ1) is 20.9. The summed E-state index contributed by atoms with van der Waals surface area (Å²) in [5.74, 6) is 0.878. The molecule has 0 bridgehead atoms. The van der Waals surface area contributed by atoms with Gasteiger partial charge in [0.2, 0.25) is 0 Å². The third-order valence-electron chi connectivity index (χ3n) is 6.75. The summed E-state index contributed by atoms with van der Waals surface area (Å²) in [6.07, 6.45) is 1.48. The second-order valence-corrected chi connectivity index (χ2v) is 9.55. The number of carbonyl (C=O) groups is 2. The number of amides is 1. The van der Waals surface area contributed by atoms with Crippen LogP contribution in [0.15, 0.2) is 90.0 Å². The first-order valence-corrected chi connectivity index (χ1v) is 13.6. The van der Waals surface area contributed by atoms with Gasteiger partial charge in [0, 0.05) is 5.56 Å². The highest BCUT2D eigenvalue weighted by molar-refractivity contribution is 6.13. The maximum atomic E-state index is 13.5. The number of nitrogens with one attached hydrogen (secondary N) is 2. The quantitative estimate of drug-likeness (QED) is 0.0844. The van der Waals surface area contributed by atoms with E-state index in [0.717, 1.165) is 16.5 Å². The second kappa shape index (κ2) is 12.9. The molecule has 1 amide bonds. The van der Waals surface area contributed by atoms with Gasteiger partial charge in [-0.3, -0.25) is 4.79 Å². The molecule has 0 fully saturated rings. The van der Waals surface area contributed by atoms with Crippen LogP contribution >= 0.6 is 0 Å². The molecule has 5 aromatic rings. The lowest BCUT2D eigenvalue weighted by molar-refractivity contribution is 0.0728. The molecule has 2 N–H and O–H groups in total. The molecule has 5 rings (SSSR count). The maximum Gasteiger partial charge on any atom is 0.343 e. The van der Waals surface area contributed by atoms with Crippen LogP contribution in [0.1, 0.15) is 38.9 Å². The molecule has 0 spiro atoms. The molecule has 0 aliphatic carbocycles. The minimum Gasteiger partial charge on any atom is -0.496 e. The van der Waals surface area contributed by atoms with Gasteiger partial charge in [-0.2, -0.15) is 5.10 Å². The largest absolute Gasteiger partial charge is 0.496 e. The van der Waals surface area contributed by atoms with Crippen LogP contribution in [-0.4, -0.2) is 43.9 Å². The van der Waals surface area contributed by atoms with Crippen molar-refractivity contribution in [2.75, 3.05) is 20.8 Å². The summed E-state index contributed by atoms with van der Waals surface area (Å²) < 4.78 is 22.5. The van der Waals surface area contributed by atoms with Crippen LogP contribution in [0.2, 0.25) is 0 Å². The van der Waals surface area contributed by atoms with Crippen molar-refractivity contribution in [3.63, 3.8) is 0 Å². The molecule has 1 aromatic heterocycles. The van der Waals surface area contributed by atoms with Crippen molar-refractivity contribution in [2.24, 2.45) is 5.10 Å². The van der Waals surface area contributed by atoms with Gasteiger partial charge in [-0.15, -0.1) is 0 Å². The average Bonchev–Trinajstić information content (AvgIpc) is 3.44. The molecule has 4 aromatic carbocycles. The van der Waals surface area contributed by atoms with Crippen LogP contribution in [-0.2, 0) is 0 Å². The summed E-state index contributed by atoms with van der Waals surface area (Å²) in [5.41, 5.74) is 7.14. The number of methoxy groups -OCH3 is 2. The Morgan fingerprint density at radius 3 is 2.26 bits per heavy atom. The third kappa shape index (κ3) is 6.20. The van der Waals surface area contributed by atoms with Crippen molar-refractivity contribution >= 4 is 29.0 Å². The van der Waals surface area contributed by atoms with Gasteiger partial charge in [0.25, 0.3) is 5.91 Å². The van der Waals surface area contributed by atoms with Crippen LogP contribution in [0.4, 0.5) is 0 Å². The summed E-state index contributed by atoms with van der Waals surface area (Å²) in [7, 11) is 3.15. The fraction of sp³-hybridized carbons (Fsp3) is 0.147. The predicted octanol–water partition coefficient (Wildman–Crippen LogP) is 6.54. The van der Waals surface area contributed by atoms with E-state index in [2.05, 4.69) is 15.5 Å². The zero-order valence-electron chi connectivity index (χ0n) is 24.3. The first-order valence-electron chi connectivity index (χ1n) is 13.6. The van der Waals surface area contributed by atoms with E-state index in [4.69, 9.17) is 18.9 Å².